The molecule has 4 heteroatoms. The summed E-state index contributed by atoms with van der Waals surface area (Å²) in [4.78, 5) is 11.3. The molecule has 0 atom stereocenters. The minimum atomic E-state index is -0.236. The van der Waals surface area contributed by atoms with E-state index in [-0.39, 0.29) is 18.1 Å². The van der Waals surface area contributed by atoms with E-state index in [1.807, 2.05) is 12.3 Å². The molecular formula is C13H14O3S. The van der Waals surface area contributed by atoms with Gasteiger partial charge in [0, 0.05) is 4.70 Å². The van der Waals surface area contributed by atoms with E-state index in [9.17, 15) is 9.90 Å². The summed E-state index contributed by atoms with van der Waals surface area (Å²) in [5, 5.41) is 12.6. The van der Waals surface area contributed by atoms with Crippen molar-refractivity contribution >= 4 is 27.4 Å². The number of methoxy groups -OCH3 is 1. The number of aryl methyl sites for hydroxylation is 1. The minimum Gasteiger partial charge on any atom is -0.508 e. The highest BCUT2D eigenvalue weighted by molar-refractivity contribution is 7.17. The fourth-order valence-corrected chi connectivity index (χ4v) is 2.98. The Kier molecular flexibility index (Phi) is 3.33. The summed E-state index contributed by atoms with van der Waals surface area (Å²) in [6.45, 7) is 2.04. The van der Waals surface area contributed by atoms with Gasteiger partial charge in [-0.15, -0.1) is 11.3 Å². The molecule has 2 aromatic rings. The molecule has 0 unspecified atom stereocenters. The highest BCUT2D eigenvalue weighted by Crippen LogP contribution is 2.33. The Labute approximate surface area is 104 Å². The number of phenols is 1. The largest absolute Gasteiger partial charge is 0.508 e. The molecule has 0 aliphatic heterocycles. The minimum absolute atomic E-state index is 0.236. The number of fused-ring (bicyclic) bond motifs is 1. The van der Waals surface area contributed by atoms with Crippen LogP contribution in [0.3, 0.4) is 0 Å². The van der Waals surface area contributed by atoms with Gasteiger partial charge in [-0.1, -0.05) is 6.92 Å². The van der Waals surface area contributed by atoms with Crippen molar-refractivity contribution in [1.29, 1.82) is 0 Å². The fraction of sp³-hybridized carbons (Fsp3) is 0.308. The van der Waals surface area contributed by atoms with Crippen molar-refractivity contribution in [3.63, 3.8) is 0 Å². The lowest BCUT2D eigenvalue weighted by Gasteiger charge is -2.04. The predicted octanol–water partition coefficient (Wildman–Crippen LogP) is 2.88. The lowest BCUT2D eigenvalue weighted by Crippen LogP contribution is -2.04. The number of rotatable bonds is 3. The second-order valence-electron chi connectivity index (χ2n) is 3.85. The number of benzene rings is 1. The predicted molar refractivity (Wildman–Crippen MR) is 68.6 cm³/mol. The molecule has 0 fully saturated rings. The standard InChI is InChI=1S/C13H14O3S/c1-3-8-4-10(14)6-11-13(8)9(7-17-11)5-12(15)16-2/h4,6-7,14H,3,5H2,1-2H3. The van der Waals surface area contributed by atoms with Crippen molar-refractivity contribution in [1.82, 2.24) is 0 Å². The smallest absolute Gasteiger partial charge is 0.310 e. The van der Waals surface area contributed by atoms with Crippen LogP contribution < -0.4 is 0 Å². The second-order valence-corrected chi connectivity index (χ2v) is 4.76. The highest BCUT2D eigenvalue weighted by Gasteiger charge is 2.13. The normalized spacial score (nSPS) is 10.7. The zero-order valence-electron chi connectivity index (χ0n) is 9.82. The van der Waals surface area contributed by atoms with Crippen LogP contribution in [0.1, 0.15) is 18.1 Å². The topological polar surface area (TPSA) is 46.5 Å². The number of thiophene rings is 1. The van der Waals surface area contributed by atoms with Crippen LogP contribution in [0.2, 0.25) is 0 Å². The van der Waals surface area contributed by atoms with Gasteiger partial charge in [0.25, 0.3) is 0 Å². The maximum absolute atomic E-state index is 11.3. The van der Waals surface area contributed by atoms with Gasteiger partial charge in [-0.25, -0.2) is 0 Å². The van der Waals surface area contributed by atoms with E-state index in [4.69, 9.17) is 0 Å². The van der Waals surface area contributed by atoms with E-state index < -0.39 is 0 Å². The molecule has 0 bridgehead atoms. The number of carbonyl (C=O) groups is 1. The third kappa shape index (κ3) is 2.26. The molecule has 0 radical (unpaired) electrons. The Balaban J connectivity index is 2.54. The zero-order valence-corrected chi connectivity index (χ0v) is 10.6. The Bertz CT molecular complexity index is 557. The van der Waals surface area contributed by atoms with Crippen LogP contribution in [0, 0.1) is 0 Å². The number of carbonyl (C=O) groups excluding carboxylic acids is 1. The summed E-state index contributed by atoms with van der Waals surface area (Å²) in [5.41, 5.74) is 2.05. The molecular weight excluding hydrogens is 236 g/mol. The van der Waals surface area contributed by atoms with Crippen molar-refractivity contribution in [3.8, 4) is 5.75 Å². The summed E-state index contributed by atoms with van der Waals surface area (Å²) in [6.07, 6.45) is 1.12. The van der Waals surface area contributed by atoms with E-state index in [2.05, 4.69) is 4.74 Å². The van der Waals surface area contributed by atoms with E-state index in [1.54, 1.807) is 23.5 Å². The molecule has 2 rings (SSSR count). The molecule has 0 amide bonds. The van der Waals surface area contributed by atoms with Crippen molar-refractivity contribution < 1.29 is 14.6 Å². The monoisotopic (exact) mass is 250 g/mol. The Morgan fingerprint density at radius 2 is 2.18 bits per heavy atom. The number of hydrogen-bond donors (Lipinski definition) is 1. The first-order chi connectivity index (χ1) is 8.15. The number of aromatic hydroxyl groups is 1. The molecule has 0 aliphatic rings. The van der Waals surface area contributed by atoms with Gasteiger partial charge in [-0.05, 0) is 40.4 Å². The molecule has 1 N–H and O–H groups in total. The van der Waals surface area contributed by atoms with Crippen molar-refractivity contribution in [2.24, 2.45) is 0 Å². The van der Waals surface area contributed by atoms with Crippen LogP contribution in [0.5, 0.6) is 5.75 Å². The number of phenolic OH excluding ortho intramolecular Hbond substituents is 1. The van der Waals surface area contributed by atoms with Gasteiger partial charge in [0.15, 0.2) is 0 Å². The molecule has 0 spiro atoms. The first kappa shape index (κ1) is 11.9. The number of esters is 1. The Morgan fingerprint density at radius 1 is 1.41 bits per heavy atom. The first-order valence-corrected chi connectivity index (χ1v) is 6.32. The molecule has 0 saturated heterocycles. The van der Waals surface area contributed by atoms with Gasteiger partial charge >= 0.3 is 5.97 Å². The maximum Gasteiger partial charge on any atom is 0.310 e. The zero-order chi connectivity index (χ0) is 12.4. The molecule has 0 saturated carbocycles. The van der Waals surface area contributed by atoms with Crippen molar-refractivity contribution in [2.45, 2.75) is 19.8 Å². The van der Waals surface area contributed by atoms with Gasteiger partial charge in [0.05, 0.1) is 13.5 Å². The quantitative estimate of drug-likeness (QED) is 0.852. The fourth-order valence-electron chi connectivity index (χ4n) is 1.94. The third-order valence-electron chi connectivity index (χ3n) is 2.76. The van der Waals surface area contributed by atoms with Crippen LogP contribution in [-0.4, -0.2) is 18.2 Å². The van der Waals surface area contributed by atoms with Crippen LogP contribution in [0.25, 0.3) is 10.1 Å². The van der Waals surface area contributed by atoms with Gasteiger partial charge in [-0.2, -0.15) is 0 Å². The maximum atomic E-state index is 11.3. The molecule has 17 heavy (non-hydrogen) atoms. The van der Waals surface area contributed by atoms with E-state index in [0.29, 0.717) is 0 Å². The second kappa shape index (κ2) is 4.75. The van der Waals surface area contributed by atoms with Crippen molar-refractivity contribution in [2.75, 3.05) is 7.11 Å². The SMILES string of the molecule is CCc1cc(O)cc2scc(CC(=O)OC)c12. The Morgan fingerprint density at radius 3 is 2.82 bits per heavy atom. The Hall–Kier alpha value is -1.55. The van der Waals surface area contributed by atoms with E-state index in [0.717, 1.165) is 27.6 Å². The van der Waals surface area contributed by atoms with Crippen LogP contribution in [-0.2, 0) is 22.4 Å². The van der Waals surface area contributed by atoms with Crippen molar-refractivity contribution in [3.05, 3.63) is 28.6 Å². The molecule has 1 aromatic carbocycles. The highest BCUT2D eigenvalue weighted by atomic mass is 32.1. The van der Waals surface area contributed by atoms with Crippen LogP contribution in [0.15, 0.2) is 17.5 Å². The molecule has 1 heterocycles. The first-order valence-electron chi connectivity index (χ1n) is 5.44. The number of ether oxygens (including phenoxy) is 1. The average Bonchev–Trinajstić information content (AvgIpc) is 2.71. The summed E-state index contributed by atoms with van der Waals surface area (Å²) < 4.78 is 5.70. The average molecular weight is 250 g/mol. The molecule has 3 nitrogen and oxygen atoms in total. The van der Waals surface area contributed by atoms with Gasteiger partial charge < -0.3 is 9.84 Å². The molecule has 1 aromatic heterocycles. The van der Waals surface area contributed by atoms with Gasteiger partial charge in [0.1, 0.15) is 5.75 Å². The number of hydrogen-bond acceptors (Lipinski definition) is 4. The lowest BCUT2D eigenvalue weighted by atomic mass is 10.0. The van der Waals surface area contributed by atoms with E-state index in [1.165, 1.54) is 7.11 Å². The van der Waals surface area contributed by atoms with Crippen LogP contribution >= 0.6 is 11.3 Å². The van der Waals surface area contributed by atoms with Gasteiger partial charge in [0.2, 0.25) is 0 Å². The summed E-state index contributed by atoms with van der Waals surface area (Å²) in [5.74, 6) is 0.0423. The molecule has 90 valence electrons. The van der Waals surface area contributed by atoms with Crippen LogP contribution in [0.4, 0.5) is 0 Å². The summed E-state index contributed by atoms with van der Waals surface area (Å²) >= 11 is 1.54. The summed E-state index contributed by atoms with van der Waals surface area (Å²) in [6, 6.07) is 3.50. The summed E-state index contributed by atoms with van der Waals surface area (Å²) in [7, 11) is 1.39. The van der Waals surface area contributed by atoms with Gasteiger partial charge in [-0.3, -0.25) is 4.79 Å². The van der Waals surface area contributed by atoms with E-state index >= 15 is 0 Å². The lowest BCUT2D eigenvalue weighted by molar-refractivity contribution is -0.139. The molecule has 0 aliphatic carbocycles. The third-order valence-corrected chi connectivity index (χ3v) is 3.74.